The Morgan fingerprint density at radius 2 is 1.93 bits per heavy atom. The minimum Gasteiger partial charge on any atom is -0.484 e. The average Bonchev–Trinajstić information content (AvgIpc) is 3.50. The van der Waals surface area contributed by atoms with E-state index >= 15 is 0 Å². The van der Waals surface area contributed by atoms with Crippen molar-refractivity contribution in [1.29, 1.82) is 0 Å². The fourth-order valence-electron chi connectivity index (χ4n) is 3.31. The Morgan fingerprint density at radius 3 is 2.46 bits per heavy atom. The quantitative estimate of drug-likeness (QED) is 0.704. The number of alkyl halides is 3. The molecule has 0 bridgehead atoms. The van der Waals surface area contributed by atoms with Gasteiger partial charge in [-0.1, -0.05) is 0 Å². The number of amides is 2. The lowest BCUT2D eigenvalue weighted by molar-refractivity contribution is -0.153. The van der Waals surface area contributed by atoms with Crippen molar-refractivity contribution in [2.24, 2.45) is 5.92 Å². The van der Waals surface area contributed by atoms with E-state index in [9.17, 15) is 22.8 Å². The zero-order valence-electron chi connectivity index (χ0n) is 15.9. The van der Waals surface area contributed by atoms with Gasteiger partial charge in [0.05, 0.1) is 0 Å². The molecule has 28 heavy (non-hydrogen) atoms. The van der Waals surface area contributed by atoms with Crippen molar-refractivity contribution < 1.29 is 27.5 Å². The molecule has 2 aliphatic rings. The predicted molar refractivity (Wildman–Crippen MR) is 95.0 cm³/mol. The summed E-state index contributed by atoms with van der Waals surface area (Å²) < 4.78 is 42.6. The van der Waals surface area contributed by atoms with E-state index in [2.05, 4.69) is 15.6 Å². The molecular weight excluding hydrogens is 375 g/mol. The fourth-order valence-corrected chi connectivity index (χ4v) is 3.31. The summed E-state index contributed by atoms with van der Waals surface area (Å²) in [7, 11) is 1.53. The number of rotatable bonds is 8. The Bertz CT molecular complexity index is 761. The van der Waals surface area contributed by atoms with Crippen LogP contribution in [0.4, 0.5) is 13.2 Å². The van der Waals surface area contributed by atoms with Crippen molar-refractivity contribution >= 4 is 11.8 Å². The van der Waals surface area contributed by atoms with Gasteiger partial charge in [-0.05, 0) is 44.4 Å². The van der Waals surface area contributed by atoms with Gasteiger partial charge in [-0.15, -0.1) is 0 Å². The van der Waals surface area contributed by atoms with Gasteiger partial charge in [-0.3, -0.25) is 14.6 Å². The van der Waals surface area contributed by atoms with Gasteiger partial charge in [-0.2, -0.15) is 13.2 Å². The van der Waals surface area contributed by atoms with Gasteiger partial charge >= 0.3 is 6.18 Å². The molecule has 1 heterocycles. The highest BCUT2D eigenvalue weighted by Gasteiger charge is 2.44. The molecule has 3 rings (SSSR count). The molecule has 1 aromatic rings. The molecule has 2 amide bonds. The molecule has 0 aromatic carbocycles. The average molecular weight is 399 g/mol. The van der Waals surface area contributed by atoms with Crippen LogP contribution in [-0.2, 0) is 4.79 Å². The maximum atomic E-state index is 12.7. The van der Waals surface area contributed by atoms with E-state index in [4.69, 9.17) is 4.74 Å². The second-order valence-electron chi connectivity index (χ2n) is 7.78. The minimum atomic E-state index is -4.47. The van der Waals surface area contributed by atoms with Crippen molar-refractivity contribution in [3.05, 3.63) is 23.5 Å². The van der Waals surface area contributed by atoms with Gasteiger partial charge in [0.2, 0.25) is 5.91 Å². The first-order valence-corrected chi connectivity index (χ1v) is 9.34. The highest BCUT2D eigenvalue weighted by molar-refractivity contribution is 5.93. The Morgan fingerprint density at radius 1 is 1.25 bits per heavy atom. The van der Waals surface area contributed by atoms with Gasteiger partial charge in [0.25, 0.3) is 5.91 Å². The third-order valence-electron chi connectivity index (χ3n) is 5.22. The van der Waals surface area contributed by atoms with Crippen molar-refractivity contribution in [1.82, 2.24) is 15.6 Å². The molecular formula is C19H24F3N3O3. The molecule has 1 atom stereocenters. The molecule has 2 N–H and O–H groups in total. The summed E-state index contributed by atoms with van der Waals surface area (Å²) in [6.45, 7) is 0.381. The fraction of sp³-hybridized carbons (Fsp3) is 0.632. The van der Waals surface area contributed by atoms with Crippen molar-refractivity contribution in [3.63, 3.8) is 0 Å². The number of hydrogen-bond donors (Lipinski definition) is 2. The first-order chi connectivity index (χ1) is 13.1. The van der Waals surface area contributed by atoms with E-state index < -0.39 is 24.2 Å². The van der Waals surface area contributed by atoms with E-state index in [0.29, 0.717) is 5.56 Å². The van der Waals surface area contributed by atoms with Crippen molar-refractivity contribution in [2.45, 2.75) is 56.7 Å². The highest BCUT2D eigenvalue weighted by Crippen LogP contribution is 2.45. The van der Waals surface area contributed by atoms with E-state index in [1.807, 2.05) is 0 Å². The lowest BCUT2D eigenvalue weighted by atomic mass is 9.91. The van der Waals surface area contributed by atoms with Gasteiger partial charge < -0.3 is 15.4 Å². The number of pyridine rings is 1. The molecule has 9 heteroatoms. The standard InChI is InChI=1S/C19H24F3N3O3/c1-18(12-5-6-12,8-16(26)23-2)25-17(27)14-7-15(28-10-19(20,21)22)13(9-24-14)11-3-4-11/h7,9,11-12H,3-6,8,10H2,1-2H3,(H,23,26)(H,25,27)/t18-/m0/s1. The maximum Gasteiger partial charge on any atom is 0.422 e. The molecule has 0 unspecified atom stereocenters. The van der Waals surface area contributed by atoms with Crippen LogP contribution in [0.5, 0.6) is 5.75 Å². The molecule has 0 aliphatic heterocycles. The minimum absolute atomic E-state index is 0.0228. The Balaban J connectivity index is 1.77. The van der Waals surface area contributed by atoms with Crippen LogP contribution >= 0.6 is 0 Å². The number of hydrogen-bond acceptors (Lipinski definition) is 4. The first-order valence-electron chi connectivity index (χ1n) is 9.34. The summed E-state index contributed by atoms with van der Waals surface area (Å²) in [5, 5.41) is 5.41. The summed E-state index contributed by atoms with van der Waals surface area (Å²) in [5.41, 5.74) is -0.164. The van der Waals surface area contributed by atoms with Gasteiger partial charge in [-0.25, -0.2) is 0 Å². The van der Waals surface area contributed by atoms with Gasteiger partial charge in [0, 0.05) is 36.8 Å². The van der Waals surface area contributed by atoms with Crippen LogP contribution in [0.15, 0.2) is 12.3 Å². The number of halogens is 3. The number of aromatic nitrogens is 1. The van der Waals surface area contributed by atoms with Crippen LogP contribution in [0.3, 0.4) is 0 Å². The summed E-state index contributed by atoms with van der Waals surface area (Å²) in [4.78, 5) is 28.7. The number of carbonyl (C=O) groups is 2. The molecule has 0 saturated heterocycles. The monoisotopic (exact) mass is 399 g/mol. The van der Waals surface area contributed by atoms with Crippen LogP contribution in [-0.4, -0.2) is 42.2 Å². The summed E-state index contributed by atoms with van der Waals surface area (Å²) in [6, 6.07) is 1.27. The van der Waals surface area contributed by atoms with E-state index in [1.54, 1.807) is 6.92 Å². The SMILES string of the molecule is CNC(=O)C[C@](C)(NC(=O)c1cc(OCC(F)(F)F)c(C2CC2)cn1)C1CC1. The number of nitrogens with zero attached hydrogens (tertiary/aromatic N) is 1. The smallest absolute Gasteiger partial charge is 0.422 e. The molecule has 2 saturated carbocycles. The Labute approximate surface area is 161 Å². The van der Waals surface area contributed by atoms with Crippen molar-refractivity contribution in [3.8, 4) is 5.75 Å². The van der Waals surface area contributed by atoms with E-state index in [-0.39, 0.29) is 35.6 Å². The topological polar surface area (TPSA) is 80.3 Å². The lowest BCUT2D eigenvalue weighted by Crippen LogP contribution is -2.50. The molecule has 6 nitrogen and oxygen atoms in total. The number of nitrogens with one attached hydrogen (secondary N) is 2. The third-order valence-corrected chi connectivity index (χ3v) is 5.22. The largest absolute Gasteiger partial charge is 0.484 e. The predicted octanol–water partition coefficient (Wildman–Crippen LogP) is 2.93. The number of carbonyl (C=O) groups excluding carboxylic acids is 2. The van der Waals surface area contributed by atoms with Crippen LogP contribution in [0.1, 0.15) is 61.0 Å². The van der Waals surface area contributed by atoms with E-state index in [0.717, 1.165) is 25.7 Å². The summed E-state index contributed by atoms with van der Waals surface area (Å²) in [6.07, 6.45) is 0.611. The molecule has 2 aliphatic carbocycles. The van der Waals surface area contributed by atoms with Crippen LogP contribution < -0.4 is 15.4 Å². The Hall–Kier alpha value is -2.32. The normalized spacial score (nSPS) is 18.9. The van der Waals surface area contributed by atoms with Crippen LogP contribution in [0.25, 0.3) is 0 Å². The molecule has 2 fully saturated rings. The second-order valence-corrected chi connectivity index (χ2v) is 7.78. The van der Waals surface area contributed by atoms with E-state index in [1.165, 1.54) is 19.3 Å². The zero-order valence-corrected chi connectivity index (χ0v) is 15.9. The third kappa shape index (κ3) is 5.14. The number of ether oxygens (including phenoxy) is 1. The zero-order chi connectivity index (χ0) is 20.5. The molecule has 154 valence electrons. The molecule has 0 spiro atoms. The summed E-state index contributed by atoms with van der Waals surface area (Å²) >= 11 is 0. The molecule has 0 radical (unpaired) electrons. The Kier molecular flexibility index (Phi) is 5.54. The highest BCUT2D eigenvalue weighted by atomic mass is 19.4. The first kappa shape index (κ1) is 20.4. The molecule has 1 aromatic heterocycles. The van der Waals surface area contributed by atoms with Crippen molar-refractivity contribution in [2.75, 3.05) is 13.7 Å². The van der Waals surface area contributed by atoms with Crippen LogP contribution in [0, 0.1) is 5.92 Å². The van der Waals surface area contributed by atoms with Gasteiger partial charge in [0.15, 0.2) is 6.61 Å². The van der Waals surface area contributed by atoms with Crippen LogP contribution in [0.2, 0.25) is 0 Å². The maximum absolute atomic E-state index is 12.7. The van der Waals surface area contributed by atoms with Gasteiger partial charge in [0.1, 0.15) is 11.4 Å². The second kappa shape index (κ2) is 7.60. The lowest BCUT2D eigenvalue weighted by Gasteiger charge is -2.30. The summed E-state index contributed by atoms with van der Waals surface area (Å²) in [5.74, 6) is -0.379.